The maximum Gasteiger partial charge on any atom is 0.263 e. The smallest absolute Gasteiger partial charge is 0.263 e. The first-order chi connectivity index (χ1) is 9.58. The molecule has 0 radical (unpaired) electrons. The summed E-state index contributed by atoms with van der Waals surface area (Å²) in [5.74, 6) is -0.118. The van der Waals surface area contributed by atoms with E-state index >= 15 is 0 Å². The molecule has 2 aliphatic heterocycles. The van der Waals surface area contributed by atoms with Gasteiger partial charge in [0.1, 0.15) is 5.56 Å². The Bertz CT molecular complexity index is 581. The normalized spacial score (nSPS) is 26.6. The van der Waals surface area contributed by atoms with E-state index in [9.17, 15) is 9.59 Å². The third kappa shape index (κ3) is 2.16. The van der Waals surface area contributed by atoms with Gasteiger partial charge < -0.3 is 9.47 Å². The minimum atomic E-state index is -0.208. The average molecular weight is 275 g/mol. The average Bonchev–Trinajstić information content (AvgIpc) is 2.66. The van der Waals surface area contributed by atoms with Crippen molar-refractivity contribution in [2.45, 2.75) is 31.3 Å². The van der Waals surface area contributed by atoms with Crippen LogP contribution >= 0.6 is 0 Å². The van der Waals surface area contributed by atoms with Gasteiger partial charge in [-0.15, -0.1) is 0 Å². The quantitative estimate of drug-likeness (QED) is 0.757. The van der Waals surface area contributed by atoms with Crippen LogP contribution in [0, 0.1) is 0 Å². The van der Waals surface area contributed by atoms with Gasteiger partial charge in [0.05, 0.1) is 0 Å². The third-order valence-electron chi connectivity index (χ3n) is 4.79. The maximum atomic E-state index is 12.6. The third-order valence-corrected chi connectivity index (χ3v) is 4.79. The van der Waals surface area contributed by atoms with Crippen LogP contribution in [-0.2, 0) is 7.05 Å². The zero-order valence-corrected chi connectivity index (χ0v) is 12.1. The number of pyridine rings is 1. The molecule has 0 spiro atoms. The summed E-state index contributed by atoms with van der Waals surface area (Å²) in [5, 5.41) is 0. The molecule has 0 aliphatic carbocycles. The number of hydrogen-bond acceptors (Lipinski definition) is 3. The van der Waals surface area contributed by atoms with Crippen molar-refractivity contribution in [3.8, 4) is 0 Å². The van der Waals surface area contributed by atoms with Gasteiger partial charge in [0, 0.05) is 38.4 Å². The van der Waals surface area contributed by atoms with Crippen LogP contribution in [0.25, 0.3) is 0 Å². The number of likely N-dealkylation sites (N-methyl/N-ethyl adjacent to an activating group) is 1. The van der Waals surface area contributed by atoms with E-state index in [-0.39, 0.29) is 17.0 Å². The zero-order valence-electron chi connectivity index (χ0n) is 12.1. The number of rotatable bonds is 1. The van der Waals surface area contributed by atoms with Gasteiger partial charge >= 0.3 is 0 Å². The largest absolute Gasteiger partial charge is 0.337 e. The van der Waals surface area contributed by atoms with Crippen molar-refractivity contribution < 1.29 is 4.79 Å². The van der Waals surface area contributed by atoms with Crippen molar-refractivity contribution in [3.63, 3.8) is 0 Å². The van der Waals surface area contributed by atoms with E-state index in [0.29, 0.717) is 12.1 Å². The van der Waals surface area contributed by atoms with Crippen molar-refractivity contribution in [2.75, 3.05) is 20.1 Å². The molecule has 3 rings (SSSR count). The second-order valence-corrected chi connectivity index (χ2v) is 5.93. The van der Waals surface area contributed by atoms with Crippen LogP contribution in [0.5, 0.6) is 0 Å². The predicted molar refractivity (Wildman–Crippen MR) is 76.8 cm³/mol. The van der Waals surface area contributed by atoms with Crippen LogP contribution in [0.4, 0.5) is 0 Å². The Morgan fingerprint density at radius 2 is 1.95 bits per heavy atom. The first kappa shape index (κ1) is 13.4. The Balaban J connectivity index is 1.84. The molecule has 20 heavy (non-hydrogen) atoms. The fourth-order valence-electron chi connectivity index (χ4n) is 3.42. The van der Waals surface area contributed by atoms with Crippen LogP contribution in [-0.4, -0.2) is 52.5 Å². The molecule has 2 atom stereocenters. The summed E-state index contributed by atoms with van der Waals surface area (Å²) < 4.78 is 1.46. The predicted octanol–water partition coefficient (Wildman–Crippen LogP) is 0.694. The van der Waals surface area contributed by atoms with Gasteiger partial charge in [-0.2, -0.15) is 0 Å². The number of likely N-dealkylation sites (tertiary alicyclic amines) is 1. The highest BCUT2D eigenvalue weighted by atomic mass is 16.2. The molecule has 2 fully saturated rings. The molecule has 0 aromatic carbocycles. The van der Waals surface area contributed by atoms with Gasteiger partial charge in [-0.1, -0.05) is 0 Å². The summed E-state index contributed by atoms with van der Waals surface area (Å²) in [6.07, 6.45) is 5.07. The van der Waals surface area contributed by atoms with Crippen LogP contribution in [0.2, 0.25) is 0 Å². The molecule has 0 N–H and O–H groups in total. The van der Waals surface area contributed by atoms with E-state index in [1.165, 1.54) is 11.0 Å². The number of amides is 1. The summed E-state index contributed by atoms with van der Waals surface area (Å²) in [7, 11) is 3.83. The lowest BCUT2D eigenvalue weighted by atomic mass is 10.1. The van der Waals surface area contributed by atoms with Gasteiger partial charge in [-0.3, -0.25) is 14.5 Å². The molecular weight excluding hydrogens is 254 g/mol. The van der Waals surface area contributed by atoms with Crippen molar-refractivity contribution in [3.05, 3.63) is 34.2 Å². The maximum absolute atomic E-state index is 12.6. The lowest BCUT2D eigenvalue weighted by molar-refractivity contribution is 0.0738. The van der Waals surface area contributed by atoms with E-state index in [4.69, 9.17) is 0 Å². The standard InChI is InChI=1S/C15H21N3O2/c1-16-8-3-4-13(14(16)19)15(20)18-9-7-11-5-6-12(10-18)17(11)2/h3-4,8,11-12H,5-7,9-10H2,1-2H3. The second-order valence-electron chi connectivity index (χ2n) is 5.93. The van der Waals surface area contributed by atoms with E-state index in [1.54, 1.807) is 25.4 Å². The van der Waals surface area contributed by atoms with Crippen LogP contribution in [0.15, 0.2) is 23.1 Å². The Morgan fingerprint density at radius 1 is 1.20 bits per heavy atom. The van der Waals surface area contributed by atoms with Crippen LogP contribution in [0.3, 0.4) is 0 Å². The van der Waals surface area contributed by atoms with E-state index in [2.05, 4.69) is 11.9 Å². The molecule has 2 bridgehead atoms. The van der Waals surface area contributed by atoms with Crippen molar-refractivity contribution >= 4 is 5.91 Å². The molecule has 2 unspecified atom stereocenters. The molecule has 5 nitrogen and oxygen atoms in total. The fourth-order valence-corrected chi connectivity index (χ4v) is 3.42. The topological polar surface area (TPSA) is 45.5 Å². The van der Waals surface area contributed by atoms with E-state index in [1.807, 2.05) is 4.90 Å². The van der Waals surface area contributed by atoms with Gasteiger partial charge in [-0.05, 0) is 38.4 Å². The minimum absolute atomic E-state index is 0.118. The summed E-state index contributed by atoms with van der Waals surface area (Å²) in [5.41, 5.74) is 0.0793. The number of carbonyl (C=O) groups is 1. The van der Waals surface area contributed by atoms with Crippen molar-refractivity contribution in [1.29, 1.82) is 0 Å². The van der Waals surface area contributed by atoms with Gasteiger partial charge in [-0.25, -0.2) is 0 Å². The molecule has 0 saturated carbocycles. The van der Waals surface area contributed by atoms with E-state index < -0.39 is 0 Å². The Kier molecular flexibility index (Phi) is 3.38. The molecule has 3 heterocycles. The van der Waals surface area contributed by atoms with Gasteiger partial charge in [0.25, 0.3) is 11.5 Å². The monoisotopic (exact) mass is 275 g/mol. The van der Waals surface area contributed by atoms with E-state index in [0.717, 1.165) is 25.9 Å². The molecule has 5 heteroatoms. The highest BCUT2D eigenvalue weighted by molar-refractivity contribution is 5.93. The SMILES string of the molecule is CN1C2CCC1CN(C(=O)c1cccn(C)c1=O)CC2. The highest BCUT2D eigenvalue weighted by Crippen LogP contribution is 2.28. The molecule has 2 aliphatic rings. The molecule has 108 valence electrons. The van der Waals surface area contributed by atoms with Crippen LogP contribution in [0.1, 0.15) is 29.6 Å². The van der Waals surface area contributed by atoms with Crippen molar-refractivity contribution in [2.24, 2.45) is 7.05 Å². The summed E-state index contributed by atoms with van der Waals surface area (Å²) >= 11 is 0. The number of nitrogens with zero attached hydrogens (tertiary/aromatic N) is 3. The first-order valence-corrected chi connectivity index (χ1v) is 7.25. The van der Waals surface area contributed by atoms with Gasteiger partial charge in [0.2, 0.25) is 0 Å². The fraction of sp³-hybridized carbons (Fsp3) is 0.600. The van der Waals surface area contributed by atoms with Crippen molar-refractivity contribution in [1.82, 2.24) is 14.4 Å². The Hall–Kier alpha value is -1.62. The summed E-state index contributed by atoms with van der Waals surface area (Å²) in [4.78, 5) is 28.9. The first-order valence-electron chi connectivity index (χ1n) is 7.25. The van der Waals surface area contributed by atoms with Crippen LogP contribution < -0.4 is 5.56 Å². The van der Waals surface area contributed by atoms with Gasteiger partial charge in [0.15, 0.2) is 0 Å². The molecule has 2 saturated heterocycles. The second kappa shape index (κ2) is 5.05. The molecule has 1 amide bonds. The number of aromatic nitrogens is 1. The number of hydrogen-bond donors (Lipinski definition) is 0. The minimum Gasteiger partial charge on any atom is -0.337 e. The number of aryl methyl sites for hydroxylation is 1. The lowest BCUT2D eigenvalue weighted by Crippen LogP contribution is -2.41. The highest BCUT2D eigenvalue weighted by Gasteiger charge is 2.36. The summed E-state index contributed by atoms with van der Waals surface area (Å²) in [6.45, 7) is 1.49. The Morgan fingerprint density at radius 3 is 2.75 bits per heavy atom. The Labute approximate surface area is 118 Å². The molecule has 1 aromatic heterocycles. The zero-order chi connectivity index (χ0) is 14.3. The number of fused-ring (bicyclic) bond motifs is 2. The molecular formula is C15H21N3O2. The lowest BCUT2D eigenvalue weighted by Gasteiger charge is -2.25. The molecule has 1 aromatic rings. The summed E-state index contributed by atoms with van der Waals surface area (Å²) in [6, 6.07) is 4.43. The number of carbonyl (C=O) groups excluding carboxylic acids is 1.